The fourth-order valence-corrected chi connectivity index (χ4v) is 2.31. The number of aliphatic hydroxyl groups is 1. The van der Waals surface area contributed by atoms with Crippen LogP contribution < -0.4 is 0 Å². The molecule has 2 rings (SSSR count). The second-order valence-electron chi connectivity index (χ2n) is 3.86. The van der Waals surface area contributed by atoms with E-state index in [1.165, 1.54) is 0 Å². The first kappa shape index (κ1) is 10.6. The van der Waals surface area contributed by atoms with Gasteiger partial charge in [-0.05, 0) is 40.9 Å². The third kappa shape index (κ3) is 2.06. The number of halogens is 1. The summed E-state index contributed by atoms with van der Waals surface area (Å²) in [5.41, 5.74) is 2.01. The SMILES string of the molecule is CC(O)Cc1cnc2c(c1)c(Br)cn2C. The van der Waals surface area contributed by atoms with E-state index >= 15 is 0 Å². The molecule has 0 saturated heterocycles. The Morgan fingerprint density at radius 1 is 1.60 bits per heavy atom. The Balaban J connectivity index is 2.50. The Morgan fingerprint density at radius 3 is 3.00 bits per heavy atom. The quantitative estimate of drug-likeness (QED) is 0.908. The number of nitrogens with zero attached hydrogens (tertiary/aromatic N) is 2. The molecule has 0 aliphatic heterocycles. The van der Waals surface area contributed by atoms with Gasteiger partial charge in [0.1, 0.15) is 5.65 Å². The molecular weight excluding hydrogens is 256 g/mol. The Hall–Kier alpha value is -0.870. The predicted octanol–water partition coefficient (Wildman–Crippen LogP) is 2.26. The van der Waals surface area contributed by atoms with E-state index in [-0.39, 0.29) is 6.10 Å². The van der Waals surface area contributed by atoms with Gasteiger partial charge < -0.3 is 9.67 Å². The average molecular weight is 269 g/mol. The van der Waals surface area contributed by atoms with Crippen LogP contribution in [0, 0.1) is 0 Å². The molecule has 3 nitrogen and oxygen atoms in total. The van der Waals surface area contributed by atoms with Crippen molar-refractivity contribution in [1.82, 2.24) is 9.55 Å². The Labute approximate surface area is 96.9 Å². The van der Waals surface area contributed by atoms with Gasteiger partial charge in [-0.3, -0.25) is 0 Å². The van der Waals surface area contributed by atoms with Crippen molar-refractivity contribution < 1.29 is 5.11 Å². The van der Waals surface area contributed by atoms with Crippen molar-refractivity contribution in [1.29, 1.82) is 0 Å². The summed E-state index contributed by atoms with van der Waals surface area (Å²) in [7, 11) is 1.97. The van der Waals surface area contributed by atoms with Crippen LogP contribution in [0.4, 0.5) is 0 Å². The summed E-state index contributed by atoms with van der Waals surface area (Å²) in [6.07, 6.45) is 4.13. The van der Waals surface area contributed by atoms with E-state index in [1.807, 2.05) is 24.0 Å². The van der Waals surface area contributed by atoms with Gasteiger partial charge in [0.05, 0.1) is 6.10 Å². The number of fused-ring (bicyclic) bond motifs is 1. The zero-order chi connectivity index (χ0) is 11.0. The van der Waals surface area contributed by atoms with Crippen molar-refractivity contribution in [2.75, 3.05) is 0 Å². The lowest BCUT2D eigenvalue weighted by Crippen LogP contribution is -2.04. The van der Waals surface area contributed by atoms with E-state index in [0.717, 1.165) is 21.1 Å². The van der Waals surface area contributed by atoms with Gasteiger partial charge in [0, 0.05) is 29.3 Å². The maximum absolute atomic E-state index is 9.31. The molecule has 0 radical (unpaired) electrons. The Morgan fingerprint density at radius 2 is 2.33 bits per heavy atom. The average Bonchev–Trinajstić information content (AvgIpc) is 2.41. The smallest absolute Gasteiger partial charge is 0.140 e. The molecule has 0 amide bonds. The van der Waals surface area contributed by atoms with Crippen LogP contribution in [0.1, 0.15) is 12.5 Å². The standard InChI is InChI=1S/C11H13BrN2O/c1-7(15)3-8-4-9-10(12)6-14(2)11(9)13-5-8/h4-7,15H,3H2,1-2H3. The summed E-state index contributed by atoms with van der Waals surface area (Å²) in [5.74, 6) is 0. The molecule has 2 aromatic heterocycles. The van der Waals surface area contributed by atoms with Crippen LogP contribution >= 0.6 is 15.9 Å². The van der Waals surface area contributed by atoms with E-state index < -0.39 is 0 Å². The highest BCUT2D eigenvalue weighted by Gasteiger charge is 2.07. The van der Waals surface area contributed by atoms with Crippen molar-refractivity contribution in [2.24, 2.45) is 7.05 Å². The molecule has 0 aliphatic carbocycles. The number of pyridine rings is 1. The summed E-state index contributed by atoms with van der Waals surface area (Å²) in [6, 6.07) is 2.07. The second kappa shape index (κ2) is 3.94. The van der Waals surface area contributed by atoms with Crippen LogP contribution in [0.5, 0.6) is 0 Å². The molecule has 80 valence electrons. The lowest BCUT2D eigenvalue weighted by molar-refractivity contribution is 0.195. The van der Waals surface area contributed by atoms with Crippen molar-refractivity contribution >= 4 is 27.0 Å². The normalized spacial score (nSPS) is 13.3. The molecule has 4 heteroatoms. The molecule has 2 aromatic rings. The number of hydrogen-bond donors (Lipinski definition) is 1. The van der Waals surface area contributed by atoms with Crippen LogP contribution in [0.3, 0.4) is 0 Å². The first-order chi connectivity index (χ1) is 7.08. The topological polar surface area (TPSA) is 38.1 Å². The fourth-order valence-electron chi connectivity index (χ4n) is 1.71. The molecule has 15 heavy (non-hydrogen) atoms. The van der Waals surface area contributed by atoms with Crippen molar-refractivity contribution in [2.45, 2.75) is 19.4 Å². The van der Waals surface area contributed by atoms with Gasteiger partial charge in [0.25, 0.3) is 0 Å². The zero-order valence-electron chi connectivity index (χ0n) is 8.74. The minimum absolute atomic E-state index is 0.327. The fraction of sp³-hybridized carbons (Fsp3) is 0.364. The van der Waals surface area contributed by atoms with Crippen LogP contribution in [0.25, 0.3) is 11.0 Å². The third-order valence-corrected chi connectivity index (χ3v) is 2.98. The molecule has 1 atom stereocenters. The van der Waals surface area contributed by atoms with Gasteiger partial charge in [-0.15, -0.1) is 0 Å². The summed E-state index contributed by atoms with van der Waals surface area (Å²) in [4.78, 5) is 4.38. The summed E-state index contributed by atoms with van der Waals surface area (Å²) < 4.78 is 3.02. The largest absolute Gasteiger partial charge is 0.393 e. The van der Waals surface area contributed by atoms with Crippen LogP contribution in [-0.4, -0.2) is 20.8 Å². The third-order valence-electron chi connectivity index (χ3n) is 2.35. The van der Waals surface area contributed by atoms with E-state index in [1.54, 1.807) is 6.92 Å². The lowest BCUT2D eigenvalue weighted by atomic mass is 10.1. The van der Waals surface area contributed by atoms with Gasteiger partial charge in [-0.25, -0.2) is 4.98 Å². The summed E-state index contributed by atoms with van der Waals surface area (Å²) >= 11 is 3.49. The number of aliphatic hydroxyl groups excluding tert-OH is 1. The van der Waals surface area contributed by atoms with E-state index in [0.29, 0.717) is 6.42 Å². The zero-order valence-corrected chi connectivity index (χ0v) is 10.3. The first-order valence-corrected chi connectivity index (χ1v) is 5.64. The molecule has 0 saturated carbocycles. The van der Waals surface area contributed by atoms with E-state index in [9.17, 15) is 5.11 Å². The Kier molecular flexibility index (Phi) is 2.80. The molecule has 0 bridgehead atoms. The maximum Gasteiger partial charge on any atom is 0.140 e. The van der Waals surface area contributed by atoms with Crippen LogP contribution in [0.2, 0.25) is 0 Å². The summed E-state index contributed by atoms with van der Waals surface area (Å²) in [6.45, 7) is 1.78. The lowest BCUT2D eigenvalue weighted by Gasteiger charge is -2.04. The van der Waals surface area contributed by atoms with Gasteiger partial charge in [-0.2, -0.15) is 0 Å². The molecule has 0 aliphatic rings. The van der Waals surface area contributed by atoms with Crippen LogP contribution in [0.15, 0.2) is 22.9 Å². The highest BCUT2D eigenvalue weighted by atomic mass is 79.9. The van der Waals surface area contributed by atoms with Crippen LogP contribution in [-0.2, 0) is 13.5 Å². The molecule has 1 unspecified atom stereocenters. The highest BCUT2D eigenvalue weighted by Crippen LogP contribution is 2.24. The van der Waals surface area contributed by atoms with Crippen molar-refractivity contribution in [3.8, 4) is 0 Å². The van der Waals surface area contributed by atoms with Gasteiger partial charge >= 0.3 is 0 Å². The minimum atomic E-state index is -0.327. The van der Waals surface area contributed by atoms with Crippen molar-refractivity contribution in [3.63, 3.8) is 0 Å². The van der Waals surface area contributed by atoms with Crippen molar-refractivity contribution in [3.05, 3.63) is 28.5 Å². The summed E-state index contributed by atoms with van der Waals surface area (Å²) in [5, 5.41) is 10.4. The molecule has 2 heterocycles. The molecular formula is C11H13BrN2O. The van der Waals surface area contributed by atoms with E-state index in [2.05, 4.69) is 27.0 Å². The molecule has 0 spiro atoms. The monoisotopic (exact) mass is 268 g/mol. The van der Waals surface area contributed by atoms with Gasteiger partial charge in [0.2, 0.25) is 0 Å². The molecule has 0 aromatic carbocycles. The number of aryl methyl sites for hydroxylation is 1. The molecule has 0 fully saturated rings. The molecule has 1 N–H and O–H groups in total. The minimum Gasteiger partial charge on any atom is -0.393 e. The van der Waals surface area contributed by atoms with Gasteiger partial charge in [-0.1, -0.05) is 0 Å². The number of rotatable bonds is 2. The highest BCUT2D eigenvalue weighted by molar-refractivity contribution is 9.10. The second-order valence-corrected chi connectivity index (χ2v) is 4.71. The van der Waals surface area contributed by atoms with E-state index in [4.69, 9.17) is 0 Å². The van der Waals surface area contributed by atoms with Gasteiger partial charge in [0.15, 0.2) is 0 Å². The number of hydrogen-bond acceptors (Lipinski definition) is 2. The predicted molar refractivity (Wildman–Crippen MR) is 63.8 cm³/mol. The first-order valence-electron chi connectivity index (χ1n) is 4.85. The maximum atomic E-state index is 9.31. The number of aromatic nitrogens is 2. The Bertz CT molecular complexity index is 491.